The van der Waals surface area contributed by atoms with Gasteiger partial charge < -0.3 is 15.4 Å². The number of rotatable bonds is 6. The fourth-order valence-electron chi connectivity index (χ4n) is 3.20. The number of hydrogen-bond acceptors (Lipinski definition) is 6. The van der Waals surface area contributed by atoms with Gasteiger partial charge in [-0.1, -0.05) is 13.3 Å². The number of hydrogen-bond donors (Lipinski definition) is 2. The minimum absolute atomic E-state index is 0.000220. The highest BCUT2D eigenvalue weighted by atomic mass is 16.5. The number of pyridine rings is 1. The first-order chi connectivity index (χ1) is 12.6. The van der Waals surface area contributed by atoms with Crippen LogP contribution in [0, 0.1) is 6.92 Å². The fourth-order valence-corrected chi connectivity index (χ4v) is 3.20. The second-order valence-corrected chi connectivity index (χ2v) is 6.52. The summed E-state index contributed by atoms with van der Waals surface area (Å²) in [6.07, 6.45) is 3.79. The van der Waals surface area contributed by atoms with E-state index >= 15 is 0 Å². The zero-order valence-electron chi connectivity index (χ0n) is 15.9. The number of anilines is 1. The smallest absolute Gasteiger partial charge is 0.220 e. The molecule has 2 unspecified atom stereocenters. The van der Waals surface area contributed by atoms with Crippen LogP contribution < -0.4 is 10.6 Å². The molecule has 3 heterocycles. The molecule has 26 heavy (non-hydrogen) atoms. The molecule has 0 amide bonds. The second kappa shape index (κ2) is 8.27. The van der Waals surface area contributed by atoms with E-state index in [0.717, 1.165) is 35.8 Å². The van der Waals surface area contributed by atoms with E-state index in [1.165, 1.54) is 0 Å². The molecule has 0 spiro atoms. The second-order valence-electron chi connectivity index (χ2n) is 6.52. The lowest BCUT2D eigenvalue weighted by Gasteiger charge is -2.32. The van der Waals surface area contributed by atoms with E-state index in [1.807, 2.05) is 31.1 Å². The summed E-state index contributed by atoms with van der Waals surface area (Å²) in [5.41, 5.74) is 2.27. The van der Waals surface area contributed by atoms with Crippen molar-refractivity contribution < 1.29 is 4.74 Å². The SMILES string of the molecule is CCCC1=NN(C)C2C(Nc3cc(C)ccn3)=NC(=NCCOC)NC12. The van der Waals surface area contributed by atoms with E-state index in [2.05, 4.69) is 27.5 Å². The highest BCUT2D eigenvalue weighted by Gasteiger charge is 2.42. The molecule has 0 saturated heterocycles. The van der Waals surface area contributed by atoms with E-state index in [9.17, 15) is 0 Å². The van der Waals surface area contributed by atoms with E-state index in [1.54, 1.807) is 13.3 Å². The molecule has 0 fully saturated rings. The van der Waals surface area contributed by atoms with Crippen molar-refractivity contribution in [2.24, 2.45) is 15.1 Å². The molecule has 1 aromatic rings. The average molecular weight is 357 g/mol. The lowest BCUT2D eigenvalue weighted by Crippen LogP contribution is -2.57. The number of aryl methyl sites for hydroxylation is 1. The first-order valence-electron chi connectivity index (χ1n) is 9.00. The number of aromatic nitrogens is 1. The van der Waals surface area contributed by atoms with Gasteiger partial charge in [0.2, 0.25) is 5.96 Å². The molecule has 0 aromatic carbocycles. The van der Waals surface area contributed by atoms with E-state index < -0.39 is 0 Å². The number of guanidine groups is 1. The van der Waals surface area contributed by atoms with Crippen molar-refractivity contribution in [3.8, 4) is 0 Å². The summed E-state index contributed by atoms with van der Waals surface area (Å²) in [5, 5.41) is 13.5. The van der Waals surface area contributed by atoms with Gasteiger partial charge in [0.15, 0.2) is 0 Å². The number of ether oxygens (including phenoxy) is 1. The van der Waals surface area contributed by atoms with Crippen LogP contribution in [0.4, 0.5) is 5.82 Å². The van der Waals surface area contributed by atoms with Gasteiger partial charge in [-0.15, -0.1) is 0 Å². The molecular weight excluding hydrogens is 330 g/mol. The molecule has 0 radical (unpaired) electrons. The fraction of sp³-hybridized carbons (Fsp3) is 0.556. The topological polar surface area (TPSA) is 86.5 Å². The Balaban J connectivity index is 1.89. The number of hydrazone groups is 1. The van der Waals surface area contributed by atoms with Crippen LogP contribution in [-0.4, -0.2) is 66.9 Å². The van der Waals surface area contributed by atoms with Crippen LogP contribution in [0.2, 0.25) is 0 Å². The lowest BCUT2D eigenvalue weighted by atomic mass is 9.99. The molecule has 0 saturated carbocycles. The van der Waals surface area contributed by atoms with Crippen molar-refractivity contribution >= 4 is 23.3 Å². The molecule has 1 aromatic heterocycles. The molecule has 8 nitrogen and oxygen atoms in total. The Hall–Kier alpha value is -2.48. The Kier molecular flexibility index (Phi) is 5.82. The number of nitrogens with one attached hydrogen (secondary N) is 2. The zero-order valence-corrected chi connectivity index (χ0v) is 15.9. The third-order valence-corrected chi connectivity index (χ3v) is 4.39. The maximum absolute atomic E-state index is 5.09. The van der Waals surface area contributed by atoms with E-state index in [-0.39, 0.29) is 12.1 Å². The van der Waals surface area contributed by atoms with Crippen LogP contribution in [0.1, 0.15) is 25.3 Å². The lowest BCUT2D eigenvalue weighted by molar-refractivity contribution is 0.208. The molecule has 2 aliphatic rings. The van der Waals surface area contributed by atoms with Gasteiger partial charge in [-0.05, 0) is 31.0 Å². The van der Waals surface area contributed by atoms with Crippen molar-refractivity contribution in [3.63, 3.8) is 0 Å². The largest absolute Gasteiger partial charge is 0.383 e. The number of amidine groups is 1. The van der Waals surface area contributed by atoms with Gasteiger partial charge >= 0.3 is 0 Å². The van der Waals surface area contributed by atoms with Crippen LogP contribution in [0.5, 0.6) is 0 Å². The summed E-state index contributed by atoms with van der Waals surface area (Å²) in [6.45, 7) is 5.33. The molecule has 2 N–H and O–H groups in total. The van der Waals surface area contributed by atoms with Crippen LogP contribution >= 0.6 is 0 Å². The highest BCUT2D eigenvalue weighted by Crippen LogP contribution is 2.22. The maximum atomic E-state index is 5.09. The first kappa shape index (κ1) is 18.3. The van der Waals surface area contributed by atoms with Gasteiger partial charge in [0.25, 0.3) is 0 Å². The summed E-state index contributed by atoms with van der Waals surface area (Å²) in [7, 11) is 3.65. The van der Waals surface area contributed by atoms with Crippen molar-refractivity contribution in [1.29, 1.82) is 0 Å². The van der Waals surface area contributed by atoms with Gasteiger partial charge in [-0.25, -0.2) is 9.98 Å². The molecule has 2 atom stereocenters. The Morgan fingerprint density at radius 3 is 3.00 bits per heavy atom. The number of likely N-dealkylation sites (N-methyl/N-ethyl adjacent to an activating group) is 1. The van der Waals surface area contributed by atoms with Crippen molar-refractivity contribution in [1.82, 2.24) is 15.3 Å². The summed E-state index contributed by atoms with van der Waals surface area (Å²) in [6, 6.07) is 4.04. The molecule has 2 aliphatic heterocycles. The standard InChI is InChI=1S/C18H27N7O/c1-5-6-13-15-16(25(3)24-13)17(21-14-11-12(2)7-8-19-14)23-18(22-15)20-9-10-26-4/h7-8,11,15-16H,5-6,9-10H2,1-4H3,(H2,19,20,21,22,23). The van der Waals surface area contributed by atoms with E-state index in [0.29, 0.717) is 19.1 Å². The predicted molar refractivity (Wildman–Crippen MR) is 105 cm³/mol. The molecular formula is C18H27N7O. The van der Waals surface area contributed by atoms with Gasteiger partial charge in [0, 0.05) is 20.4 Å². The minimum atomic E-state index is 0.000220. The summed E-state index contributed by atoms with van der Waals surface area (Å²) >= 11 is 0. The Morgan fingerprint density at radius 1 is 1.42 bits per heavy atom. The van der Waals surface area contributed by atoms with Crippen molar-refractivity contribution in [3.05, 3.63) is 23.9 Å². The third kappa shape index (κ3) is 4.01. The van der Waals surface area contributed by atoms with Gasteiger partial charge in [-0.3, -0.25) is 5.01 Å². The number of aliphatic imine (C=N–C) groups is 2. The summed E-state index contributed by atoms with van der Waals surface area (Å²) in [4.78, 5) is 13.6. The number of fused-ring (bicyclic) bond motifs is 1. The Morgan fingerprint density at radius 2 is 2.27 bits per heavy atom. The van der Waals surface area contributed by atoms with Gasteiger partial charge in [0.1, 0.15) is 17.7 Å². The Labute approximate surface area is 154 Å². The number of nitrogens with zero attached hydrogens (tertiary/aromatic N) is 5. The Bertz CT molecular complexity index is 728. The normalized spacial score (nSPS) is 23.4. The van der Waals surface area contributed by atoms with Crippen molar-refractivity contribution in [2.75, 3.05) is 32.6 Å². The molecule has 3 rings (SSSR count). The van der Waals surface area contributed by atoms with Crippen LogP contribution in [0.3, 0.4) is 0 Å². The zero-order chi connectivity index (χ0) is 18.5. The maximum Gasteiger partial charge on any atom is 0.220 e. The van der Waals surface area contributed by atoms with Crippen LogP contribution in [-0.2, 0) is 4.74 Å². The molecule has 0 aliphatic carbocycles. The number of methoxy groups -OCH3 is 1. The van der Waals surface area contributed by atoms with Gasteiger partial charge in [0.05, 0.1) is 24.9 Å². The van der Waals surface area contributed by atoms with Crippen LogP contribution in [0.15, 0.2) is 33.4 Å². The monoisotopic (exact) mass is 357 g/mol. The van der Waals surface area contributed by atoms with Crippen molar-refractivity contribution in [2.45, 2.75) is 38.8 Å². The highest BCUT2D eigenvalue weighted by molar-refractivity contribution is 6.13. The summed E-state index contributed by atoms with van der Waals surface area (Å²) in [5.74, 6) is 2.19. The first-order valence-corrected chi connectivity index (χ1v) is 9.00. The minimum Gasteiger partial charge on any atom is -0.383 e. The third-order valence-electron chi connectivity index (χ3n) is 4.39. The molecule has 0 bridgehead atoms. The van der Waals surface area contributed by atoms with Gasteiger partial charge in [-0.2, -0.15) is 10.1 Å². The average Bonchev–Trinajstić information content (AvgIpc) is 2.92. The van der Waals surface area contributed by atoms with E-state index in [4.69, 9.17) is 14.8 Å². The predicted octanol–water partition coefficient (Wildman–Crippen LogP) is 1.64. The van der Waals surface area contributed by atoms with Crippen LogP contribution in [0.25, 0.3) is 0 Å². The quantitative estimate of drug-likeness (QED) is 0.756. The molecule has 140 valence electrons. The molecule has 8 heteroatoms. The summed E-state index contributed by atoms with van der Waals surface area (Å²) < 4.78 is 5.09.